The number of nitriles is 1. The fraction of sp³-hybridized carbons (Fsp3) is 0.208. The van der Waals surface area contributed by atoms with E-state index in [0.29, 0.717) is 28.6 Å². The number of fused-ring (bicyclic) bond motifs is 4. The van der Waals surface area contributed by atoms with Crippen molar-refractivity contribution in [2.45, 2.75) is 25.7 Å². The molecule has 160 valence electrons. The second kappa shape index (κ2) is 7.14. The molecule has 8 heteroatoms. The number of aryl methyl sites for hydroxylation is 1. The molecule has 5 rings (SSSR count). The molecule has 7 nitrogen and oxygen atoms in total. The number of nitrogens with two attached hydrogens (primary N) is 1. The van der Waals surface area contributed by atoms with E-state index < -0.39 is 5.41 Å². The molecule has 1 unspecified atom stereocenters. The topological polar surface area (TPSA) is 100.0 Å². The van der Waals surface area contributed by atoms with E-state index in [1.165, 1.54) is 0 Å². The SMILES string of the molecule is CCCN1C(=O)C2(C(C#N)=C(N)Nc3c2c(C)nn3-c2ccc(Cl)cc2)c2ccccc21. The zero-order valence-corrected chi connectivity index (χ0v) is 18.4. The Morgan fingerprint density at radius 2 is 1.94 bits per heavy atom. The van der Waals surface area contributed by atoms with Crippen LogP contribution in [0.4, 0.5) is 11.5 Å². The van der Waals surface area contributed by atoms with Gasteiger partial charge in [-0.2, -0.15) is 10.4 Å². The Labute approximate surface area is 190 Å². The molecule has 3 N–H and O–H groups in total. The Hall–Kier alpha value is -3.76. The first-order valence-electron chi connectivity index (χ1n) is 10.4. The van der Waals surface area contributed by atoms with Gasteiger partial charge < -0.3 is 16.0 Å². The van der Waals surface area contributed by atoms with Crippen molar-refractivity contribution < 1.29 is 4.79 Å². The van der Waals surface area contributed by atoms with Crippen LogP contribution in [0.3, 0.4) is 0 Å². The minimum absolute atomic E-state index is 0.150. The molecule has 1 spiro atoms. The van der Waals surface area contributed by atoms with Gasteiger partial charge in [0.25, 0.3) is 0 Å². The molecule has 2 aliphatic rings. The van der Waals surface area contributed by atoms with Crippen LogP contribution >= 0.6 is 11.6 Å². The fourth-order valence-corrected chi connectivity index (χ4v) is 5.03. The molecule has 0 saturated heterocycles. The Balaban J connectivity index is 1.86. The largest absolute Gasteiger partial charge is 0.384 e. The monoisotopic (exact) mass is 444 g/mol. The molecule has 1 aromatic heterocycles. The van der Waals surface area contributed by atoms with Crippen LogP contribution in [-0.2, 0) is 10.2 Å². The molecular formula is C24H21ClN6O. The number of nitrogens with zero attached hydrogens (tertiary/aromatic N) is 4. The van der Waals surface area contributed by atoms with Gasteiger partial charge in [0.15, 0.2) is 0 Å². The van der Waals surface area contributed by atoms with Crippen molar-refractivity contribution in [1.29, 1.82) is 5.26 Å². The third-order valence-corrected chi connectivity index (χ3v) is 6.38. The van der Waals surface area contributed by atoms with E-state index in [1.807, 2.05) is 50.2 Å². The van der Waals surface area contributed by atoms with Crippen molar-refractivity contribution >= 4 is 29.0 Å². The van der Waals surface area contributed by atoms with Gasteiger partial charge in [-0.1, -0.05) is 36.7 Å². The highest BCUT2D eigenvalue weighted by molar-refractivity contribution is 6.30. The number of rotatable bonds is 3. The maximum atomic E-state index is 14.2. The summed E-state index contributed by atoms with van der Waals surface area (Å²) in [5.74, 6) is 0.543. The third kappa shape index (κ3) is 2.47. The van der Waals surface area contributed by atoms with Crippen molar-refractivity contribution in [2.24, 2.45) is 5.73 Å². The molecule has 0 radical (unpaired) electrons. The summed E-state index contributed by atoms with van der Waals surface area (Å²) in [4.78, 5) is 15.9. The molecule has 0 aliphatic carbocycles. The summed E-state index contributed by atoms with van der Waals surface area (Å²) < 4.78 is 1.71. The number of para-hydroxylation sites is 1. The zero-order chi connectivity index (χ0) is 22.6. The van der Waals surface area contributed by atoms with Crippen LogP contribution in [0.15, 0.2) is 59.9 Å². The molecule has 1 atom stereocenters. The molecule has 0 fully saturated rings. The standard InChI is InChI=1S/C24H21ClN6O/c1-3-12-30-19-7-5-4-6-17(19)24(23(30)32)18(13-26)21(27)28-22-20(24)14(2)29-31(22)16-10-8-15(25)9-11-16/h4-11,28H,3,12,27H2,1-2H3. The summed E-state index contributed by atoms with van der Waals surface area (Å²) in [6, 6.07) is 17.1. The van der Waals surface area contributed by atoms with Gasteiger partial charge in [0.2, 0.25) is 5.91 Å². The Morgan fingerprint density at radius 3 is 2.62 bits per heavy atom. The zero-order valence-electron chi connectivity index (χ0n) is 17.7. The van der Waals surface area contributed by atoms with Gasteiger partial charge in [0.1, 0.15) is 23.1 Å². The summed E-state index contributed by atoms with van der Waals surface area (Å²) >= 11 is 6.07. The number of amides is 1. The molecule has 32 heavy (non-hydrogen) atoms. The van der Waals surface area contributed by atoms with E-state index in [1.54, 1.807) is 21.7 Å². The highest BCUT2D eigenvalue weighted by Crippen LogP contribution is 2.55. The van der Waals surface area contributed by atoms with Crippen LogP contribution in [-0.4, -0.2) is 22.2 Å². The van der Waals surface area contributed by atoms with Crippen LogP contribution in [0.25, 0.3) is 5.69 Å². The summed E-state index contributed by atoms with van der Waals surface area (Å²) in [6.45, 7) is 4.42. The minimum Gasteiger partial charge on any atom is -0.384 e. The van der Waals surface area contributed by atoms with Gasteiger partial charge in [-0.05, 0) is 43.7 Å². The third-order valence-electron chi connectivity index (χ3n) is 6.13. The molecule has 0 saturated carbocycles. The van der Waals surface area contributed by atoms with Crippen LogP contribution in [0.5, 0.6) is 0 Å². The van der Waals surface area contributed by atoms with Gasteiger partial charge in [-0.25, -0.2) is 4.68 Å². The molecule has 2 aliphatic heterocycles. The summed E-state index contributed by atoms with van der Waals surface area (Å²) in [6.07, 6.45) is 0.783. The second-order valence-corrected chi connectivity index (χ2v) is 8.38. The lowest BCUT2D eigenvalue weighted by atomic mass is 9.68. The predicted octanol–water partition coefficient (Wildman–Crippen LogP) is 4.00. The first kappa shape index (κ1) is 20.2. The van der Waals surface area contributed by atoms with Crippen LogP contribution in [0.2, 0.25) is 5.02 Å². The van der Waals surface area contributed by atoms with Gasteiger partial charge in [0, 0.05) is 28.4 Å². The van der Waals surface area contributed by atoms with Crippen molar-refractivity contribution in [2.75, 3.05) is 16.8 Å². The van der Waals surface area contributed by atoms with Crippen molar-refractivity contribution in [1.82, 2.24) is 9.78 Å². The Morgan fingerprint density at radius 1 is 1.22 bits per heavy atom. The summed E-state index contributed by atoms with van der Waals surface area (Å²) in [5.41, 5.74) is 8.84. The first-order valence-corrected chi connectivity index (χ1v) is 10.8. The molecular weight excluding hydrogens is 424 g/mol. The van der Waals surface area contributed by atoms with Gasteiger partial charge >= 0.3 is 0 Å². The molecule has 2 aromatic carbocycles. The molecule has 0 bridgehead atoms. The predicted molar refractivity (Wildman–Crippen MR) is 124 cm³/mol. The Bertz CT molecular complexity index is 1330. The normalized spacial score (nSPS) is 19.1. The number of anilines is 2. The van der Waals surface area contributed by atoms with Crippen molar-refractivity contribution in [3.05, 3.63) is 81.8 Å². The van der Waals surface area contributed by atoms with E-state index >= 15 is 0 Å². The average molecular weight is 445 g/mol. The van der Waals surface area contributed by atoms with Crippen molar-refractivity contribution in [3.63, 3.8) is 0 Å². The number of hydrogen-bond acceptors (Lipinski definition) is 5. The summed E-state index contributed by atoms with van der Waals surface area (Å²) in [7, 11) is 0. The number of nitrogens with one attached hydrogen (secondary N) is 1. The molecule has 3 heterocycles. The summed E-state index contributed by atoms with van der Waals surface area (Å²) in [5, 5.41) is 18.7. The average Bonchev–Trinajstić information content (AvgIpc) is 3.23. The van der Waals surface area contributed by atoms with E-state index in [9.17, 15) is 10.1 Å². The molecule has 1 amide bonds. The number of aromatic nitrogens is 2. The maximum Gasteiger partial charge on any atom is 0.247 e. The first-order chi connectivity index (χ1) is 15.4. The van der Waals surface area contributed by atoms with E-state index in [0.717, 1.165) is 23.4 Å². The number of halogens is 1. The van der Waals surface area contributed by atoms with E-state index in [2.05, 4.69) is 11.4 Å². The highest BCUT2D eigenvalue weighted by Gasteiger charge is 2.60. The minimum atomic E-state index is -1.35. The lowest BCUT2D eigenvalue weighted by Gasteiger charge is -2.34. The van der Waals surface area contributed by atoms with Gasteiger partial charge in [-0.3, -0.25) is 4.79 Å². The van der Waals surface area contributed by atoms with Crippen molar-refractivity contribution in [3.8, 4) is 11.8 Å². The van der Waals surface area contributed by atoms with E-state index in [-0.39, 0.29) is 17.3 Å². The number of hydrogen-bond donors (Lipinski definition) is 2. The molecule has 3 aromatic rings. The second-order valence-electron chi connectivity index (χ2n) is 7.95. The quantitative estimate of drug-likeness (QED) is 0.636. The maximum absolute atomic E-state index is 14.2. The lowest BCUT2D eigenvalue weighted by Crippen LogP contribution is -2.46. The van der Waals surface area contributed by atoms with Crippen LogP contribution in [0.1, 0.15) is 30.2 Å². The number of benzene rings is 2. The van der Waals surface area contributed by atoms with E-state index in [4.69, 9.17) is 22.4 Å². The fourth-order valence-electron chi connectivity index (χ4n) is 4.90. The van der Waals surface area contributed by atoms with Gasteiger partial charge in [0.05, 0.1) is 17.0 Å². The Kier molecular flexibility index (Phi) is 4.50. The number of carbonyl (C=O) groups is 1. The van der Waals surface area contributed by atoms with Gasteiger partial charge in [-0.15, -0.1) is 0 Å². The lowest BCUT2D eigenvalue weighted by molar-refractivity contribution is -0.120. The smallest absolute Gasteiger partial charge is 0.247 e. The van der Waals surface area contributed by atoms with Crippen LogP contribution in [0, 0.1) is 18.3 Å². The highest BCUT2D eigenvalue weighted by atomic mass is 35.5. The number of carbonyl (C=O) groups excluding carboxylic acids is 1. The van der Waals surface area contributed by atoms with Crippen LogP contribution < -0.4 is 16.0 Å².